The summed E-state index contributed by atoms with van der Waals surface area (Å²) in [5.41, 5.74) is 4.47. The fourth-order valence-electron chi connectivity index (χ4n) is 4.50. The number of carbonyl (C=O) groups excluding carboxylic acids is 2. The Morgan fingerprint density at radius 3 is 2.62 bits per heavy atom. The maximum Gasteiger partial charge on any atom is 0.341 e. The number of carbonyl (C=O) groups is 2. The topological polar surface area (TPSA) is 84.6 Å². The Balaban J connectivity index is 1.77. The summed E-state index contributed by atoms with van der Waals surface area (Å²) >= 11 is 1.64. The zero-order valence-corrected chi connectivity index (χ0v) is 19.5. The third-order valence-corrected chi connectivity index (χ3v) is 7.44. The van der Waals surface area contributed by atoms with Gasteiger partial charge in [-0.15, -0.1) is 11.3 Å². The quantitative estimate of drug-likeness (QED) is 0.401. The molecule has 3 heterocycles. The molecule has 1 saturated heterocycles. The number of morpholine rings is 1. The number of aryl methyl sites for hydroxylation is 2. The van der Waals surface area contributed by atoms with Gasteiger partial charge in [-0.2, -0.15) is 5.26 Å². The van der Waals surface area contributed by atoms with E-state index in [1.165, 1.54) is 12.0 Å². The van der Waals surface area contributed by atoms with Gasteiger partial charge in [-0.3, -0.25) is 4.79 Å². The van der Waals surface area contributed by atoms with Crippen LogP contribution in [0.2, 0.25) is 0 Å². The van der Waals surface area contributed by atoms with Crippen LogP contribution in [0, 0.1) is 25.2 Å². The maximum atomic E-state index is 12.8. The Morgan fingerprint density at radius 1 is 1.22 bits per heavy atom. The molecule has 1 aliphatic heterocycles. The lowest BCUT2D eigenvalue weighted by atomic mass is 9.95. The van der Waals surface area contributed by atoms with Gasteiger partial charge in [-0.05, 0) is 62.8 Å². The minimum atomic E-state index is -0.316. The second kappa shape index (κ2) is 9.31. The smallest absolute Gasteiger partial charge is 0.341 e. The molecule has 168 valence electrons. The SMILES string of the molecule is COC(=O)c1c(-n2c(C)cc(/C=C(/C#N)C(=O)N3CCOCC3)c2C)sc2c1CCCC2. The molecule has 0 spiro atoms. The molecule has 1 fully saturated rings. The molecular formula is C24H27N3O4S. The number of hydrogen-bond acceptors (Lipinski definition) is 6. The Hall–Kier alpha value is -2.89. The third kappa shape index (κ3) is 3.98. The molecule has 1 aliphatic carbocycles. The summed E-state index contributed by atoms with van der Waals surface area (Å²) in [6.07, 6.45) is 5.71. The average Bonchev–Trinajstić information content (AvgIpc) is 3.33. The normalized spacial score (nSPS) is 16.4. The molecule has 0 N–H and O–H groups in total. The summed E-state index contributed by atoms with van der Waals surface area (Å²) in [6.45, 7) is 5.86. The summed E-state index contributed by atoms with van der Waals surface area (Å²) in [5.74, 6) is -0.591. The van der Waals surface area contributed by atoms with Gasteiger partial charge in [-0.1, -0.05) is 0 Å². The Kier molecular flexibility index (Phi) is 6.49. The third-order valence-electron chi connectivity index (χ3n) is 6.16. The van der Waals surface area contributed by atoms with E-state index < -0.39 is 0 Å². The second-order valence-corrected chi connectivity index (χ2v) is 9.20. The van der Waals surface area contributed by atoms with Gasteiger partial charge < -0.3 is 18.9 Å². The number of nitriles is 1. The van der Waals surface area contributed by atoms with Crippen molar-refractivity contribution in [3.63, 3.8) is 0 Å². The minimum Gasteiger partial charge on any atom is -0.465 e. The van der Waals surface area contributed by atoms with Crippen LogP contribution in [0.5, 0.6) is 0 Å². The number of nitrogens with zero attached hydrogens (tertiary/aromatic N) is 3. The maximum absolute atomic E-state index is 12.8. The van der Waals surface area contributed by atoms with Crippen molar-refractivity contribution in [1.29, 1.82) is 5.26 Å². The number of aromatic nitrogens is 1. The van der Waals surface area contributed by atoms with Crippen LogP contribution in [0.3, 0.4) is 0 Å². The van der Waals surface area contributed by atoms with Gasteiger partial charge in [-0.25, -0.2) is 4.79 Å². The van der Waals surface area contributed by atoms with E-state index in [4.69, 9.17) is 9.47 Å². The molecule has 7 nitrogen and oxygen atoms in total. The minimum absolute atomic E-state index is 0.103. The largest absolute Gasteiger partial charge is 0.465 e. The first-order valence-electron chi connectivity index (χ1n) is 10.9. The molecule has 0 unspecified atom stereocenters. The average molecular weight is 454 g/mol. The summed E-state index contributed by atoms with van der Waals surface area (Å²) in [7, 11) is 1.42. The van der Waals surface area contributed by atoms with E-state index >= 15 is 0 Å². The molecule has 8 heteroatoms. The van der Waals surface area contributed by atoms with Crippen LogP contribution in [0.4, 0.5) is 0 Å². The van der Waals surface area contributed by atoms with Crippen molar-refractivity contribution < 1.29 is 19.1 Å². The van der Waals surface area contributed by atoms with Crippen LogP contribution < -0.4 is 0 Å². The number of amides is 1. The molecule has 0 atom stereocenters. The summed E-state index contributed by atoms with van der Waals surface area (Å²) in [6, 6.07) is 4.03. The lowest BCUT2D eigenvalue weighted by molar-refractivity contribution is -0.130. The van der Waals surface area contributed by atoms with E-state index in [0.29, 0.717) is 31.9 Å². The highest BCUT2D eigenvalue weighted by molar-refractivity contribution is 7.15. The molecule has 0 aromatic carbocycles. The molecule has 2 aromatic heterocycles. The van der Waals surface area contributed by atoms with Gasteiger partial charge in [0, 0.05) is 29.4 Å². The van der Waals surface area contributed by atoms with E-state index in [9.17, 15) is 14.9 Å². The molecular weight excluding hydrogens is 426 g/mol. The fraction of sp³-hybridized carbons (Fsp3) is 0.458. The number of ether oxygens (including phenoxy) is 2. The molecule has 32 heavy (non-hydrogen) atoms. The van der Waals surface area contributed by atoms with Gasteiger partial charge in [0.05, 0.1) is 25.9 Å². The van der Waals surface area contributed by atoms with E-state index in [1.54, 1.807) is 22.3 Å². The van der Waals surface area contributed by atoms with Crippen molar-refractivity contribution in [3.8, 4) is 11.1 Å². The predicted octanol–water partition coefficient (Wildman–Crippen LogP) is 3.59. The number of fused-ring (bicyclic) bond motifs is 1. The highest BCUT2D eigenvalue weighted by atomic mass is 32.1. The van der Waals surface area contributed by atoms with Crippen LogP contribution in [0.1, 0.15) is 50.6 Å². The number of methoxy groups -OCH3 is 1. The zero-order chi connectivity index (χ0) is 22.8. The molecule has 1 amide bonds. The van der Waals surface area contributed by atoms with Crippen LogP contribution in [-0.4, -0.2) is 54.8 Å². The molecule has 2 aromatic rings. The lowest BCUT2D eigenvalue weighted by Gasteiger charge is -2.26. The van der Waals surface area contributed by atoms with Crippen molar-refractivity contribution in [2.45, 2.75) is 39.5 Å². The van der Waals surface area contributed by atoms with Gasteiger partial charge >= 0.3 is 5.97 Å². The van der Waals surface area contributed by atoms with Crippen molar-refractivity contribution in [2.75, 3.05) is 33.4 Å². The van der Waals surface area contributed by atoms with E-state index in [2.05, 4.69) is 10.6 Å². The van der Waals surface area contributed by atoms with Gasteiger partial charge in [0.2, 0.25) is 0 Å². The first-order chi connectivity index (χ1) is 15.5. The molecule has 2 aliphatic rings. The highest BCUT2D eigenvalue weighted by Gasteiger charge is 2.29. The lowest BCUT2D eigenvalue weighted by Crippen LogP contribution is -2.41. The van der Waals surface area contributed by atoms with Crippen molar-refractivity contribution in [1.82, 2.24) is 9.47 Å². The second-order valence-electron chi connectivity index (χ2n) is 8.12. The van der Waals surface area contributed by atoms with E-state index in [1.807, 2.05) is 19.9 Å². The summed E-state index contributed by atoms with van der Waals surface area (Å²) in [4.78, 5) is 28.4. The van der Waals surface area contributed by atoms with Crippen molar-refractivity contribution in [3.05, 3.63) is 44.6 Å². The van der Waals surface area contributed by atoms with Crippen LogP contribution >= 0.6 is 11.3 Å². The van der Waals surface area contributed by atoms with Gasteiger partial charge in [0.15, 0.2) is 0 Å². The standard InChI is InChI=1S/C24H27N3O4S/c1-15-12-17(13-18(14-25)22(28)26-8-10-31-11-9-26)16(2)27(15)23-21(24(29)30-3)19-6-4-5-7-20(19)32-23/h12-13H,4-11H2,1-3H3/b18-13-. The summed E-state index contributed by atoms with van der Waals surface area (Å²) in [5, 5.41) is 10.5. The van der Waals surface area contributed by atoms with Crippen LogP contribution in [0.15, 0.2) is 11.6 Å². The number of hydrogen-bond donors (Lipinski definition) is 0. The Labute approximate surface area is 191 Å². The number of rotatable bonds is 4. The summed E-state index contributed by atoms with van der Waals surface area (Å²) < 4.78 is 12.5. The zero-order valence-electron chi connectivity index (χ0n) is 18.7. The van der Waals surface area contributed by atoms with Gasteiger partial charge in [0.1, 0.15) is 16.6 Å². The van der Waals surface area contributed by atoms with Crippen molar-refractivity contribution >= 4 is 29.3 Å². The molecule has 4 rings (SSSR count). The van der Waals surface area contributed by atoms with Crippen molar-refractivity contribution in [2.24, 2.45) is 0 Å². The highest BCUT2D eigenvalue weighted by Crippen LogP contribution is 2.39. The Bertz CT molecular complexity index is 1130. The first-order valence-corrected chi connectivity index (χ1v) is 11.7. The predicted molar refractivity (Wildman–Crippen MR) is 122 cm³/mol. The van der Waals surface area contributed by atoms with Crippen LogP contribution in [0.25, 0.3) is 11.1 Å². The Morgan fingerprint density at radius 2 is 1.94 bits per heavy atom. The number of esters is 1. The van der Waals surface area contributed by atoms with Gasteiger partial charge in [0.25, 0.3) is 5.91 Å². The fourth-order valence-corrected chi connectivity index (χ4v) is 5.99. The molecule has 0 radical (unpaired) electrons. The number of thiophene rings is 1. The molecule has 0 bridgehead atoms. The van der Waals surface area contributed by atoms with E-state index in [0.717, 1.165) is 53.2 Å². The molecule has 0 saturated carbocycles. The van der Waals surface area contributed by atoms with E-state index in [-0.39, 0.29) is 17.4 Å². The van der Waals surface area contributed by atoms with Crippen LogP contribution in [-0.2, 0) is 27.1 Å². The monoisotopic (exact) mass is 453 g/mol. The first kappa shape index (κ1) is 22.3.